The number of benzene rings is 1. The molecule has 24 heavy (non-hydrogen) atoms. The average molecular weight is 318 g/mol. The quantitative estimate of drug-likeness (QED) is 0.646. The highest BCUT2D eigenvalue weighted by Gasteiger charge is 2.18. The summed E-state index contributed by atoms with van der Waals surface area (Å²) in [6.45, 7) is 4.05. The Morgan fingerprint density at radius 2 is 1.79 bits per heavy atom. The average Bonchev–Trinajstić information content (AvgIpc) is 2.83. The van der Waals surface area contributed by atoms with Gasteiger partial charge in [-0.05, 0) is 49.2 Å². The van der Waals surface area contributed by atoms with Crippen molar-refractivity contribution in [1.29, 1.82) is 0 Å². The number of hydrogen-bond donors (Lipinski definition) is 3. The van der Waals surface area contributed by atoms with Crippen LogP contribution in [-0.2, 0) is 25.8 Å². The van der Waals surface area contributed by atoms with Crippen LogP contribution >= 0.6 is 0 Å². The van der Waals surface area contributed by atoms with Gasteiger partial charge in [-0.1, -0.05) is 18.2 Å². The third-order valence-electron chi connectivity index (χ3n) is 5.33. The van der Waals surface area contributed by atoms with Crippen molar-refractivity contribution in [1.82, 2.24) is 20.6 Å². The molecule has 0 fully saturated rings. The number of pyridine rings is 1. The van der Waals surface area contributed by atoms with Crippen LogP contribution in [-0.4, -0.2) is 29.6 Å². The molecular weight excluding hydrogens is 296 g/mol. The van der Waals surface area contributed by atoms with Crippen LogP contribution in [0.25, 0.3) is 22.2 Å². The fraction of sp³-hybridized carbons (Fsp3) is 0.350. The van der Waals surface area contributed by atoms with Crippen molar-refractivity contribution in [3.63, 3.8) is 0 Å². The van der Waals surface area contributed by atoms with Crippen molar-refractivity contribution in [3.8, 4) is 11.3 Å². The second-order valence-electron chi connectivity index (χ2n) is 6.79. The summed E-state index contributed by atoms with van der Waals surface area (Å²) in [5, 5.41) is 8.30. The number of nitrogens with one attached hydrogen (secondary N) is 3. The van der Waals surface area contributed by atoms with Gasteiger partial charge in [-0.15, -0.1) is 0 Å². The van der Waals surface area contributed by atoms with E-state index in [1.165, 1.54) is 39.0 Å². The lowest BCUT2D eigenvalue weighted by Crippen LogP contribution is -2.24. The normalized spacial score (nSPS) is 17.3. The highest BCUT2D eigenvalue weighted by molar-refractivity contribution is 5.98. The van der Waals surface area contributed by atoms with Gasteiger partial charge in [0.1, 0.15) is 0 Å². The van der Waals surface area contributed by atoms with Gasteiger partial charge in [0.15, 0.2) is 0 Å². The van der Waals surface area contributed by atoms with Crippen LogP contribution in [0.1, 0.15) is 22.5 Å². The molecule has 2 aliphatic heterocycles. The third-order valence-corrected chi connectivity index (χ3v) is 5.33. The number of aromatic amines is 1. The van der Waals surface area contributed by atoms with E-state index in [-0.39, 0.29) is 0 Å². The molecule has 3 N–H and O–H groups in total. The van der Waals surface area contributed by atoms with Crippen LogP contribution in [0.2, 0.25) is 0 Å². The summed E-state index contributed by atoms with van der Waals surface area (Å²) >= 11 is 0. The highest BCUT2D eigenvalue weighted by Crippen LogP contribution is 2.33. The zero-order chi connectivity index (χ0) is 15.9. The van der Waals surface area contributed by atoms with E-state index >= 15 is 0 Å². The van der Waals surface area contributed by atoms with E-state index in [1.807, 2.05) is 0 Å². The Kier molecular flexibility index (Phi) is 3.39. The second kappa shape index (κ2) is 5.72. The first-order valence-electron chi connectivity index (χ1n) is 8.93. The predicted octanol–water partition coefficient (Wildman–Crippen LogP) is 2.56. The zero-order valence-corrected chi connectivity index (χ0v) is 13.8. The monoisotopic (exact) mass is 318 g/mol. The molecule has 4 nitrogen and oxygen atoms in total. The van der Waals surface area contributed by atoms with Crippen LogP contribution in [0.15, 0.2) is 30.3 Å². The van der Waals surface area contributed by atoms with Gasteiger partial charge < -0.3 is 15.6 Å². The Morgan fingerprint density at radius 3 is 2.79 bits per heavy atom. The Bertz CT molecular complexity index is 909. The van der Waals surface area contributed by atoms with Crippen molar-refractivity contribution in [3.05, 3.63) is 52.8 Å². The molecule has 2 aromatic heterocycles. The maximum atomic E-state index is 4.99. The van der Waals surface area contributed by atoms with E-state index in [0.717, 1.165) is 51.1 Å². The van der Waals surface area contributed by atoms with E-state index in [1.54, 1.807) is 0 Å². The van der Waals surface area contributed by atoms with Crippen molar-refractivity contribution in [2.75, 3.05) is 19.6 Å². The van der Waals surface area contributed by atoms with Crippen LogP contribution in [0.5, 0.6) is 0 Å². The molecule has 0 spiro atoms. The molecule has 1 aromatic carbocycles. The molecule has 0 radical (unpaired) electrons. The van der Waals surface area contributed by atoms with Crippen molar-refractivity contribution in [2.24, 2.45) is 0 Å². The summed E-state index contributed by atoms with van der Waals surface area (Å²) in [5.74, 6) is 0. The van der Waals surface area contributed by atoms with Gasteiger partial charge in [0.25, 0.3) is 0 Å². The molecule has 0 atom stereocenters. The summed E-state index contributed by atoms with van der Waals surface area (Å²) in [4.78, 5) is 8.64. The van der Waals surface area contributed by atoms with Gasteiger partial charge in [0, 0.05) is 41.7 Å². The fourth-order valence-electron chi connectivity index (χ4n) is 4.12. The van der Waals surface area contributed by atoms with Crippen LogP contribution in [0.4, 0.5) is 0 Å². The van der Waals surface area contributed by atoms with Gasteiger partial charge in [-0.2, -0.15) is 0 Å². The molecule has 0 bridgehead atoms. The molecule has 0 aliphatic carbocycles. The standard InChI is InChI=1S/C20H22N4/c1-2-14(16-5-4-13-6-9-22-12-19(13)24-16)20-15-7-10-21-11-8-17(15)23-18(20)3-1/h1-5,21-23H,6-12H2. The highest BCUT2D eigenvalue weighted by atomic mass is 14.9. The number of aromatic nitrogens is 2. The van der Waals surface area contributed by atoms with Crippen LogP contribution in [0.3, 0.4) is 0 Å². The number of fused-ring (bicyclic) bond motifs is 4. The summed E-state index contributed by atoms with van der Waals surface area (Å²) in [6, 6.07) is 11.0. The Morgan fingerprint density at radius 1 is 0.875 bits per heavy atom. The molecule has 0 saturated carbocycles. The molecule has 0 saturated heterocycles. The fourth-order valence-corrected chi connectivity index (χ4v) is 4.12. The first kappa shape index (κ1) is 14.2. The molecule has 122 valence electrons. The zero-order valence-electron chi connectivity index (χ0n) is 13.8. The minimum Gasteiger partial charge on any atom is -0.358 e. The van der Waals surface area contributed by atoms with E-state index in [9.17, 15) is 0 Å². The van der Waals surface area contributed by atoms with Crippen LogP contribution in [0, 0.1) is 0 Å². The summed E-state index contributed by atoms with van der Waals surface area (Å²) in [7, 11) is 0. The van der Waals surface area contributed by atoms with Crippen molar-refractivity contribution >= 4 is 10.9 Å². The van der Waals surface area contributed by atoms with Gasteiger partial charge in [-0.25, -0.2) is 0 Å². The molecular formula is C20H22N4. The van der Waals surface area contributed by atoms with E-state index in [4.69, 9.17) is 4.98 Å². The van der Waals surface area contributed by atoms with E-state index in [0.29, 0.717) is 0 Å². The predicted molar refractivity (Wildman–Crippen MR) is 97.2 cm³/mol. The molecule has 0 amide bonds. The smallest absolute Gasteiger partial charge is 0.0713 e. The maximum absolute atomic E-state index is 4.99. The summed E-state index contributed by atoms with van der Waals surface area (Å²) in [6.07, 6.45) is 3.24. The molecule has 3 aromatic rings. The topological polar surface area (TPSA) is 52.7 Å². The second-order valence-corrected chi connectivity index (χ2v) is 6.79. The van der Waals surface area contributed by atoms with Crippen LogP contribution < -0.4 is 10.6 Å². The number of rotatable bonds is 1. The third kappa shape index (κ3) is 2.26. The first-order chi connectivity index (χ1) is 11.9. The van der Waals surface area contributed by atoms with Gasteiger partial charge in [0.2, 0.25) is 0 Å². The lowest BCUT2D eigenvalue weighted by Gasteiger charge is -2.17. The lowest BCUT2D eigenvalue weighted by atomic mass is 9.98. The number of hydrogen-bond acceptors (Lipinski definition) is 3. The van der Waals surface area contributed by atoms with Gasteiger partial charge in [0.05, 0.1) is 11.4 Å². The molecule has 2 aliphatic rings. The molecule has 4 heteroatoms. The van der Waals surface area contributed by atoms with Gasteiger partial charge >= 0.3 is 0 Å². The van der Waals surface area contributed by atoms with Gasteiger partial charge in [-0.3, -0.25) is 4.98 Å². The largest absolute Gasteiger partial charge is 0.358 e. The van der Waals surface area contributed by atoms with Crippen molar-refractivity contribution in [2.45, 2.75) is 25.8 Å². The minimum absolute atomic E-state index is 0.883. The summed E-state index contributed by atoms with van der Waals surface area (Å²) < 4.78 is 0. The first-order valence-corrected chi connectivity index (χ1v) is 8.93. The Labute approximate surface area is 141 Å². The lowest BCUT2D eigenvalue weighted by molar-refractivity contribution is 0.628. The minimum atomic E-state index is 0.883. The molecule has 5 rings (SSSR count). The maximum Gasteiger partial charge on any atom is 0.0713 e. The summed E-state index contributed by atoms with van der Waals surface area (Å²) in [5.41, 5.74) is 9.07. The van der Waals surface area contributed by atoms with E-state index in [2.05, 4.69) is 45.9 Å². The SMILES string of the molecule is c1cc(-c2ccc3c(n2)CNCC3)c2c3c([nH]c2c1)CCNCC3. The Balaban J connectivity index is 1.70. The van der Waals surface area contributed by atoms with E-state index < -0.39 is 0 Å². The van der Waals surface area contributed by atoms with Crippen molar-refractivity contribution < 1.29 is 0 Å². The Hall–Kier alpha value is -2.17. The number of H-pyrrole nitrogens is 1. The molecule has 4 heterocycles. The molecule has 0 unspecified atom stereocenters. The number of nitrogens with zero attached hydrogens (tertiary/aromatic N) is 1.